The molecule has 8 nitrogen and oxygen atoms in total. The molecule has 1 fully saturated rings. The molecule has 1 saturated heterocycles. The van der Waals surface area contributed by atoms with Crippen LogP contribution in [0.3, 0.4) is 0 Å². The van der Waals surface area contributed by atoms with Gasteiger partial charge in [0, 0.05) is 37.3 Å². The Hall–Kier alpha value is -2.71. The fourth-order valence-electron chi connectivity index (χ4n) is 3.05. The lowest BCUT2D eigenvalue weighted by Gasteiger charge is -2.31. The van der Waals surface area contributed by atoms with Crippen molar-refractivity contribution in [1.82, 2.24) is 9.80 Å². The molecule has 0 aromatic heterocycles. The molecule has 2 atom stereocenters. The first kappa shape index (κ1) is 24.3. The monoisotopic (exact) mass is 406 g/mol. The molecule has 0 bridgehead atoms. The SMILES string of the molecule is CCCCN(C(=O)c1ccccc1)[C@@H]1CN(CC)C[C@H]1O.O=C(O)/C=C/C(=O)O. The number of aliphatic carboxylic acids is 2. The summed E-state index contributed by atoms with van der Waals surface area (Å²) in [5.74, 6) is -2.48. The molecule has 3 N–H and O–H groups in total. The number of carboxylic acid groups (broad SMARTS) is 2. The largest absolute Gasteiger partial charge is 0.478 e. The second-order valence-electron chi connectivity index (χ2n) is 6.71. The molecule has 0 saturated carbocycles. The maximum Gasteiger partial charge on any atom is 0.328 e. The fraction of sp³-hybridized carbons (Fsp3) is 0.476. The van der Waals surface area contributed by atoms with E-state index in [1.54, 1.807) is 0 Å². The lowest BCUT2D eigenvalue weighted by molar-refractivity contribution is -0.134. The van der Waals surface area contributed by atoms with Crippen LogP contribution in [0.2, 0.25) is 0 Å². The van der Waals surface area contributed by atoms with Crippen molar-refractivity contribution in [3.05, 3.63) is 48.0 Å². The molecule has 0 aliphatic carbocycles. The van der Waals surface area contributed by atoms with Gasteiger partial charge in [-0.15, -0.1) is 0 Å². The van der Waals surface area contributed by atoms with Gasteiger partial charge in [0.2, 0.25) is 0 Å². The van der Waals surface area contributed by atoms with Gasteiger partial charge in [-0.25, -0.2) is 9.59 Å². The third-order valence-corrected chi connectivity index (χ3v) is 4.58. The van der Waals surface area contributed by atoms with E-state index in [9.17, 15) is 19.5 Å². The van der Waals surface area contributed by atoms with Crippen molar-refractivity contribution in [2.75, 3.05) is 26.2 Å². The number of β-amino-alcohol motifs (C(OH)–C–C–N with tert-alkyl or cyclic N) is 1. The van der Waals surface area contributed by atoms with Crippen LogP contribution in [-0.4, -0.2) is 81.3 Å². The maximum atomic E-state index is 12.8. The van der Waals surface area contributed by atoms with Gasteiger partial charge in [-0.1, -0.05) is 38.5 Å². The summed E-state index contributed by atoms with van der Waals surface area (Å²) in [5, 5.41) is 25.9. The maximum absolute atomic E-state index is 12.8. The smallest absolute Gasteiger partial charge is 0.328 e. The number of aliphatic hydroxyl groups is 1. The number of nitrogens with zero attached hydrogens (tertiary/aromatic N) is 2. The topological polar surface area (TPSA) is 118 Å². The van der Waals surface area contributed by atoms with E-state index in [4.69, 9.17) is 10.2 Å². The molecule has 0 radical (unpaired) electrons. The minimum absolute atomic E-state index is 0.0334. The van der Waals surface area contributed by atoms with Crippen LogP contribution in [-0.2, 0) is 9.59 Å². The summed E-state index contributed by atoms with van der Waals surface area (Å²) < 4.78 is 0. The Kier molecular flexibility index (Phi) is 10.6. The van der Waals surface area contributed by atoms with Crippen LogP contribution in [0.25, 0.3) is 0 Å². The molecular formula is C21H30N2O6. The van der Waals surface area contributed by atoms with Crippen molar-refractivity contribution in [2.24, 2.45) is 0 Å². The number of carbonyl (C=O) groups is 3. The van der Waals surface area contributed by atoms with Crippen LogP contribution in [0.15, 0.2) is 42.5 Å². The van der Waals surface area contributed by atoms with Crippen LogP contribution in [0.1, 0.15) is 37.0 Å². The number of amides is 1. The number of hydrogen-bond acceptors (Lipinski definition) is 5. The summed E-state index contributed by atoms with van der Waals surface area (Å²) in [7, 11) is 0. The Bertz CT molecular complexity index is 676. The highest BCUT2D eigenvalue weighted by molar-refractivity contribution is 5.94. The normalized spacial score (nSPS) is 18.9. The summed E-state index contributed by atoms with van der Waals surface area (Å²) >= 11 is 0. The Morgan fingerprint density at radius 2 is 1.66 bits per heavy atom. The number of hydrogen-bond donors (Lipinski definition) is 3. The third kappa shape index (κ3) is 8.45. The number of rotatable bonds is 8. The lowest BCUT2D eigenvalue weighted by atomic mass is 10.1. The number of carbonyl (C=O) groups excluding carboxylic acids is 1. The Morgan fingerprint density at radius 3 is 2.10 bits per heavy atom. The van der Waals surface area contributed by atoms with Crippen molar-refractivity contribution in [3.63, 3.8) is 0 Å². The second-order valence-corrected chi connectivity index (χ2v) is 6.71. The van der Waals surface area contributed by atoms with Crippen molar-refractivity contribution in [2.45, 2.75) is 38.8 Å². The average molecular weight is 406 g/mol. The van der Waals surface area contributed by atoms with Gasteiger partial charge in [0.25, 0.3) is 5.91 Å². The highest BCUT2D eigenvalue weighted by Crippen LogP contribution is 2.19. The van der Waals surface area contributed by atoms with Gasteiger partial charge in [0.05, 0.1) is 12.1 Å². The van der Waals surface area contributed by atoms with Crippen LogP contribution in [0, 0.1) is 0 Å². The third-order valence-electron chi connectivity index (χ3n) is 4.58. The summed E-state index contributed by atoms with van der Waals surface area (Å²) in [6, 6.07) is 9.28. The van der Waals surface area contributed by atoms with Gasteiger partial charge in [-0.3, -0.25) is 9.69 Å². The van der Waals surface area contributed by atoms with E-state index in [2.05, 4.69) is 18.7 Å². The second kappa shape index (κ2) is 12.7. The quantitative estimate of drug-likeness (QED) is 0.562. The standard InChI is InChI=1S/C17H26N2O2.C4H4O4/c1-3-5-11-19(15-12-18(4-2)13-16(15)20)17(21)14-9-7-6-8-10-14;5-3(6)1-2-4(7)8/h6-10,15-16,20H,3-5,11-13H2,1-2H3;1-2H,(H,5,6)(H,7,8)/b;2-1+/t15-,16-;/m1./s1. The average Bonchev–Trinajstić information content (AvgIpc) is 3.08. The number of unbranched alkanes of at least 4 members (excludes halogenated alkanes) is 1. The zero-order valence-corrected chi connectivity index (χ0v) is 16.9. The van der Waals surface area contributed by atoms with Crippen molar-refractivity contribution >= 4 is 17.8 Å². The highest BCUT2D eigenvalue weighted by Gasteiger charge is 2.37. The predicted octanol–water partition coefficient (Wildman–Crippen LogP) is 1.71. The molecule has 2 rings (SSSR count). The van der Waals surface area contributed by atoms with Crippen LogP contribution >= 0.6 is 0 Å². The molecular weight excluding hydrogens is 376 g/mol. The number of benzene rings is 1. The lowest BCUT2D eigenvalue weighted by Crippen LogP contribution is -2.47. The van der Waals surface area contributed by atoms with Crippen molar-refractivity contribution in [1.29, 1.82) is 0 Å². The fourth-order valence-corrected chi connectivity index (χ4v) is 3.05. The van der Waals surface area contributed by atoms with Gasteiger partial charge in [0.1, 0.15) is 0 Å². The molecule has 1 heterocycles. The summed E-state index contributed by atoms with van der Waals surface area (Å²) in [6.45, 7) is 7.25. The van der Waals surface area contributed by atoms with Gasteiger partial charge in [-0.05, 0) is 25.1 Å². The number of likely N-dealkylation sites (tertiary alicyclic amines) is 1. The first-order valence-electron chi connectivity index (χ1n) is 9.70. The Labute approximate surface area is 171 Å². The summed E-state index contributed by atoms with van der Waals surface area (Å²) in [4.78, 5) is 36.0. The minimum Gasteiger partial charge on any atom is -0.478 e. The van der Waals surface area contributed by atoms with E-state index in [1.165, 1.54) is 0 Å². The molecule has 29 heavy (non-hydrogen) atoms. The minimum atomic E-state index is -1.26. The molecule has 1 aromatic rings. The number of carboxylic acids is 2. The Morgan fingerprint density at radius 1 is 1.07 bits per heavy atom. The van der Waals surface area contributed by atoms with Gasteiger partial charge in [-0.2, -0.15) is 0 Å². The first-order chi connectivity index (χ1) is 13.8. The molecule has 8 heteroatoms. The summed E-state index contributed by atoms with van der Waals surface area (Å²) in [5.41, 5.74) is 0.704. The zero-order chi connectivity index (χ0) is 21.8. The van der Waals surface area contributed by atoms with E-state index in [0.717, 1.165) is 25.9 Å². The Balaban J connectivity index is 0.000000447. The van der Waals surface area contributed by atoms with E-state index >= 15 is 0 Å². The molecule has 1 aliphatic rings. The number of aliphatic hydroxyl groups excluding tert-OH is 1. The van der Waals surface area contributed by atoms with Crippen molar-refractivity contribution < 1.29 is 29.7 Å². The molecule has 0 unspecified atom stereocenters. The van der Waals surface area contributed by atoms with E-state index < -0.39 is 18.0 Å². The van der Waals surface area contributed by atoms with E-state index in [1.807, 2.05) is 35.2 Å². The highest BCUT2D eigenvalue weighted by atomic mass is 16.4. The van der Waals surface area contributed by atoms with Crippen molar-refractivity contribution in [3.8, 4) is 0 Å². The predicted molar refractivity (Wildman–Crippen MR) is 109 cm³/mol. The van der Waals surface area contributed by atoms with Crippen LogP contribution < -0.4 is 0 Å². The van der Waals surface area contributed by atoms with Crippen LogP contribution in [0.4, 0.5) is 0 Å². The van der Waals surface area contributed by atoms with Gasteiger partial charge < -0.3 is 20.2 Å². The summed E-state index contributed by atoms with van der Waals surface area (Å²) in [6.07, 6.45) is 2.67. The zero-order valence-electron chi connectivity index (χ0n) is 16.9. The molecule has 1 aromatic carbocycles. The molecule has 1 aliphatic heterocycles. The van der Waals surface area contributed by atoms with Gasteiger partial charge in [0.15, 0.2) is 0 Å². The van der Waals surface area contributed by atoms with Gasteiger partial charge >= 0.3 is 11.9 Å². The molecule has 160 valence electrons. The number of likely N-dealkylation sites (N-methyl/N-ethyl adjacent to an activating group) is 1. The molecule has 0 spiro atoms. The molecule has 1 amide bonds. The van der Waals surface area contributed by atoms with E-state index in [0.29, 0.717) is 30.8 Å². The van der Waals surface area contributed by atoms with Crippen LogP contribution in [0.5, 0.6) is 0 Å². The van der Waals surface area contributed by atoms with E-state index in [-0.39, 0.29) is 11.9 Å². The first-order valence-corrected chi connectivity index (χ1v) is 9.70.